The summed E-state index contributed by atoms with van der Waals surface area (Å²) in [5.41, 5.74) is 1.36. The van der Waals surface area contributed by atoms with Crippen molar-refractivity contribution in [3.63, 3.8) is 0 Å². The van der Waals surface area contributed by atoms with Gasteiger partial charge in [0.25, 0.3) is 11.8 Å². The third-order valence-corrected chi connectivity index (χ3v) is 4.10. The van der Waals surface area contributed by atoms with E-state index in [1.54, 1.807) is 6.07 Å². The largest absolute Gasteiger partial charge is 0.413 e. The van der Waals surface area contributed by atoms with Gasteiger partial charge in [0.05, 0.1) is 16.9 Å². The van der Waals surface area contributed by atoms with E-state index in [9.17, 15) is 8.78 Å². The van der Waals surface area contributed by atoms with Crippen LogP contribution >= 0.6 is 11.6 Å². The molecule has 134 valence electrons. The average Bonchev–Trinajstić information content (AvgIpc) is 3.15. The van der Waals surface area contributed by atoms with Crippen LogP contribution in [0.3, 0.4) is 0 Å². The molecule has 0 fully saturated rings. The molecular formula is C18H10ClF2N5O. The van der Waals surface area contributed by atoms with E-state index in [0.717, 1.165) is 6.20 Å². The molecule has 0 saturated heterocycles. The Morgan fingerprint density at radius 1 is 0.963 bits per heavy atom. The highest BCUT2D eigenvalue weighted by molar-refractivity contribution is 6.33. The number of aryl methyl sites for hydroxylation is 1. The lowest BCUT2D eigenvalue weighted by Crippen LogP contribution is -1.97. The molecular weight excluding hydrogens is 376 g/mol. The molecule has 0 aromatic carbocycles. The fraction of sp³-hybridized carbons (Fsp3) is 0.0556. The Labute approximate surface area is 156 Å². The van der Waals surface area contributed by atoms with Gasteiger partial charge in [0.1, 0.15) is 17.2 Å². The van der Waals surface area contributed by atoms with Gasteiger partial charge in [-0.05, 0) is 31.2 Å². The Kier molecular flexibility index (Phi) is 4.33. The fourth-order valence-corrected chi connectivity index (χ4v) is 2.68. The molecule has 4 heterocycles. The molecule has 9 heteroatoms. The monoisotopic (exact) mass is 385 g/mol. The second kappa shape index (κ2) is 6.81. The van der Waals surface area contributed by atoms with Crippen LogP contribution in [0.15, 0.2) is 47.3 Å². The molecule has 0 aliphatic rings. The van der Waals surface area contributed by atoms with Crippen molar-refractivity contribution in [2.24, 2.45) is 0 Å². The van der Waals surface area contributed by atoms with Crippen LogP contribution in [0, 0.1) is 18.6 Å². The first kappa shape index (κ1) is 17.2. The molecule has 6 nitrogen and oxygen atoms in total. The van der Waals surface area contributed by atoms with Crippen molar-refractivity contribution in [3.05, 3.63) is 65.2 Å². The molecule has 0 N–H and O–H groups in total. The maximum atomic E-state index is 14.6. The Bertz CT molecular complexity index is 1130. The number of halogens is 3. The summed E-state index contributed by atoms with van der Waals surface area (Å²) < 4.78 is 33.2. The zero-order valence-electron chi connectivity index (χ0n) is 13.8. The molecule has 4 rings (SSSR count). The van der Waals surface area contributed by atoms with Crippen molar-refractivity contribution in [1.82, 2.24) is 25.1 Å². The van der Waals surface area contributed by atoms with Crippen LogP contribution in [0.25, 0.3) is 34.3 Å². The van der Waals surface area contributed by atoms with Crippen LogP contribution < -0.4 is 0 Å². The van der Waals surface area contributed by atoms with Crippen molar-refractivity contribution in [2.45, 2.75) is 6.92 Å². The third-order valence-electron chi connectivity index (χ3n) is 3.77. The first-order valence-electron chi connectivity index (χ1n) is 7.76. The van der Waals surface area contributed by atoms with Crippen LogP contribution in [0.4, 0.5) is 8.78 Å². The van der Waals surface area contributed by atoms with Gasteiger partial charge in [0, 0.05) is 23.5 Å². The van der Waals surface area contributed by atoms with Gasteiger partial charge in [-0.2, -0.15) is 0 Å². The summed E-state index contributed by atoms with van der Waals surface area (Å²) in [6, 6.07) is 5.67. The van der Waals surface area contributed by atoms with Gasteiger partial charge >= 0.3 is 0 Å². The number of nitrogens with zero attached hydrogens (tertiary/aromatic N) is 5. The second-order valence-corrected chi connectivity index (χ2v) is 5.99. The molecule has 0 bridgehead atoms. The number of aromatic nitrogens is 5. The van der Waals surface area contributed by atoms with Crippen LogP contribution in [0.5, 0.6) is 0 Å². The van der Waals surface area contributed by atoms with Crippen LogP contribution in [-0.4, -0.2) is 25.1 Å². The SMILES string of the molecule is Cc1nc(-c2nnc(-c3ccc(F)cn3)o2)cc(-c2cnccc2Cl)c1F. The van der Waals surface area contributed by atoms with E-state index >= 15 is 0 Å². The Hall–Kier alpha value is -3.26. The van der Waals surface area contributed by atoms with Gasteiger partial charge in [-0.15, -0.1) is 10.2 Å². The first-order chi connectivity index (χ1) is 13.0. The predicted octanol–water partition coefficient (Wildman–Crippen LogP) is 4.50. The first-order valence-corrected chi connectivity index (χ1v) is 8.13. The summed E-state index contributed by atoms with van der Waals surface area (Å²) in [6.07, 6.45) is 4.02. The highest BCUT2D eigenvalue weighted by Gasteiger charge is 2.19. The van der Waals surface area contributed by atoms with E-state index in [4.69, 9.17) is 16.0 Å². The second-order valence-electron chi connectivity index (χ2n) is 5.58. The molecule has 0 aliphatic heterocycles. The highest BCUT2D eigenvalue weighted by atomic mass is 35.5. The van der Waals surface area contributed by atoms with Crippen molar-refractivity contribution < 1.29 is 13.2 Å². The summed E-state index contributed by atoms with van der Waals surface area (Å²) >= 11 is 6.16. The summed E-state index contributed by atoms with van der Waals surface area (Å²) in [5.74, 6) is -0.837. The smallest absolute Gasteiger partial charge is 0.266 e. The van der Waals surface area contributed by atoms with Crippen molar-refractivity contribution in [2.75, 3.05) is 0 Å². The molecule has 27 heavy (non-hydrogen) atoms. The number of rotatable bonds is 3. The Balaban J connectivity index is 1.79. The van der Waals surface area contributed by atoms with Crippen molar-refractivity contribution >= 4 is 11.6 Å². The molecule has 4 aromatic heterocycles. The standard InChI is InChI=1S/C18H10ClF2N5O/c1-9-16(21)11(12-8-22-5-4-13(12)19)6-15(24-9)18-26-25-17(27-18)14-3-2-10(20)7-23-14/h2-8H,1H3. The van der Waals surface area contributed by atoms with Gasteiger partial charge in [-0.3, -0.25) is 4.98 Å². The van der Waals surface area contributed by atoms with E-state index in [1.807, 2.05) is 0 Å². The molecule has 0 spiro atoms. The van der Waals surface area contributed by atoms with Crippen molar-refractivity contribution in [3.8, 4) is 34.3 Å². The van der Waals surface area contributed by atoms with Gasteiger partial charge in [0.15, 0.2) is 5.82 Å². The van der Waals surface area contributed by atoms with Crippen LogP contribution in [-0.2, 0) is 0 Å². The predicted molar refractivity (Wildman–Crippen MR) is 93.7 cm³/mol. The average molecular weight is 386 g/mol. The number of pyridine rings is 3. The summed E-state index contributed by atoms with van der Waals surface area (Å²) in [5, 5.41) is 8.17. The minimum Gasteiger partial charge on any atom is -0.413 e. The number of hydrogen-bond donors (Lipinski definition) is 0. The van der Waals surface area contributed by atoms with Crippen LogP contribution in [0.1, 0.15) is 5.69 Å². The van der Waals surface area contributed by atoms with Gasteiger partial charge in [0.2, 0.25) is 0 Å². The van der Waals surface area contributed by atoms with E-state index in [1.165, 1.54) is 37.5 Å². The third kappa shape index (κ3) is 3.26. The van der Waals surface area contributed by atoms with E-state index in [2.05, 4.69) is 25.1 Å². The normalized spacial score (nSPS) is 11.0. The molecule has 0 radical (unpaired) electrons. The van der Waals surface area contributed by atoms with Crippen LogP contribution in [0.2, 0.25) is 5.02 Å². The number of hydrogen-bond acceptors (Lipinski definition) is 6. The molecule has 0 atom stereocenters. The quantitative estimate of drug-likeness (QED) is 0.517. The zero-order valence-corrected chi connectivity index (χ0v) is 14.6. The fourth-order valence-electron chi connectivity index (χ4n) is 2.47. The molecule has 0 unspecified atom stereocenters. The molecule has 4 aromatic rings. The van der Waals surface area contributed by atoms with E-state index in [0.29, 0.717) is 16.3 Å². The lowest BCUT2D eigenvalue weighted by atomic mass is 10.1. The lowest BCUT2D eigenvalue weighted by molar-refractivity contribution is 0.575. The Morgan fingerprint density at radius 2 is 1.74 bits per heavy atom. The summed E-state index contributed by atoms with van der Waals surface area (Å²) in [4.78, 5) is 12.0. The molecule has 0 aliphatic carbocycles. The lowest BCUT2D eigenvalue weighted by Gasteiger charge is -2.08. The zero-order chi connectivity index (χ0) is 19.0. The van der Waals surface area contributed by atoms with Gasteiger partial charge in [-0.1, -0.05) is 11.6 Å². The van der Waals surface area contributed by atoms with E-state index in [-0.39, 0.29) is 28.7 Å². The topological polar surface area (TPSA) is 77.6 Å². The summed E-state index contributed by atoms with van der Waals surface area (Å²) in [7, 11) is 0. The molecule has 0 amide bonds. The van der Waals surface area contributed by atoms with E-state index < -0.39 is 11.6 Å². The molecule has 0 saturated carbocycles. The van der Waals surface area contributed by atoms with Crippen molar-refractivity contribution in [1.29, 1.82) is 0 Å². The van der Waals surface area contributed by atoms with Gasteiger partial charge < -0.3 is 4.42 Å². The summed E-state index contributed by atoms with van der Waals surface area (Å²) in [6.45, 7) is 1.52. The minimum atomic E-state index is -0.520. The Morgan fingerprint density at radius 3 is 2.44 bits per heavy atom. The highest BCUT2D eigenvalue weighted by Crippen LogP contribution is 2.33. The minimum absolute atomic E-state index is 0.0699. The maximum absolute atomic E-state index is 14.6. The maximum Gasteiger partial charge on any atom is 0.266 e. The van der Waals surface area contributed by atoms with Gasteiger partial charge in [-0.25, -0.2) is 18.7 Å².